The molecule has 1 N–H and O–H groups in total. The lowest BCUT2D eigenvalue weighted by atomic mass is 10.0. The minimum Gasteiger partial charge on any atom is -0.331 e. The molecule has 1 atom stereocenters. The molecule has 0 aliphatic carbocycles. The molecule has 1 unspecified atom stereocenters. The quantitative estimate of drug-likeness (QED) is 0.909. The second kappa shape index (κ2) is 6.48. The third-order valence-corrected chi connectivity index (χ3v) is 5.21. The number of hydrogen-bond donors (Lipinski definition) is 1. The van der Waals surface area contributed by atoms with Crippen molar-refractivity contribution >= 4 is 6.03 Å². The van der Waals surface area contributed by atoms with Gasteiger partial charge in [0.05, 0.1) is 6.04 Å². The summed E-state index contributed by atoms with van der Waals surface area (Å²) < 4.78 is 13.8. The van der Waals surface area contributed by atoms with E-state index in [-0.39, 0.29) is 17.9 Å². The van der Waals surface area contributed by atoms with Gasteiger partial charge in [0.15, 0.2) is 0 Å². The summed E-state index contributed by atoms with van der Waals surface area (Å²) in [6.07, 6.45) is 2.13. The lowest BCUT2D eigenvalue weighted by Crippen LogP contribution is -2.47. The van der Waals surface area contributed by atoms with Crippen molar-refractivity contribution in [3.63, 3.8) is 0 Å². The minimum absolute atomic E-state index is 0.00545. The lowest BCUT2D eigenvalue weighted by Gasteiger charge is -2.32. The molecule has 2 amide bonds. The monoisotopic (exact) mass is 319 g/mol. The summed E-state index contributed by atoms with van der Waals surface area (Å²) in [6.45, 7) is 9.45. The summed E-state index contributed by atoms with van der Waals surface area (Å²) in [5.41, 5.74) is 2.21. The van der Waals surface area contributed by atoms with Crippen LogP contribution in [0.3, 0.4) is 0 Å². The molecule has 2 bridgehead atoms. The Morgan fingerprint density at radius 1 is 1.17 bits per heavy atom. The Hall–Kier alpha value is -1.62. The van der Waals surface area contributed by atoms with E-state index in [0.29, 0.717) is 17.2 Å². The van der Waals surface area contributed by atoms with Crippen molar-refractivity contribution in [2.75, 3.05) is 26.2 Å². The fourth-order valence-corrected chi connectivity index (χ4v) is 3.73. The number of carbonyl (C=O) groups excluding carboxylic acids is 1. The zero-order chi connectivity index (χ0) is 16.6. The van der Waals surface area contributed by atoms with Gasteiger partial charge in [-0.3, -0.25) is 0 Å². The van der Waals surface area contributed by atoms with Crippen molar-refractivity contribution in [2.45, 2.75) is 45.7 Å². The van der Waals surface area contributed by atoms with Crippen LogP contribution in [-0.4, -0.2) is 48.1 Å². The van der Waals surface area contributed by atoms with E-state index >= 15 is 0 Å². The van der Waals surface area contributed by atoms with Crippen LogP contribution in [0.1, 0.15) is 42.5 Å². The third kappa shape index (κ3) is 3.34. The first-order valence-corrected chi connectivity index (χ1v) is 8.52. The van der Waals surface area contributed by atoms with Gasteiger partial charge in [0.1, 0.15) is 5.82 Å². The third-order valence-electron chi connectivity index (χ3n) is 5.21. The summed E-state index contributed by atoms with van der Waals surface area (Å²) in [4.78, 5) is 17.1. The number of fused-ring (bicyclic) bond motifs is 4. The van der Waals surface area contributed by atoms with Crippen LogP contribution in [0.4, 0.5) is 9.18 Å². The fourth-order valence-electron chi connectivity index (χ4n) is 3.73. The van der Waals surface area contributed by atoms with Crippen LogP contribution in [0.5, 0.6) is 0 Å². The molecular formula is C18H26FN3O. The van der Waals surface area contributed by atoms with Gasteiger partial charge in [-0.1, -0.05) is 12.1 Å². The van der Waals surface area contributed by atoms with Crippen molar-refractivity contribution in [3.05, 3.63) is 34.6 Å². The predicted octanol–water partition coefficient (Wildman–Crippen LogP) is 2.99. The Bertz CT molecular complexity index is 573. The van der Waals surface area contributed by atoms with Crippen molar-refractivity contribution in [1.29, 1.82) is 0 Å². The van der Waals surface area contributed by atoms with E-state index in [1.165, 1.54) is 0 Å². The zero-order valence-corrected chi connectivity index (χ0v) is 14.2. The second-order valence-electron chi connectivity index (χ2n) is 6.91. The number of amides is 2. The molecule has 4 nitrogen and oxygen atoms in total. The molecule has 0 aromatic heterocycles. The summed E-state index contributed by atoms with van der Waals surface area (Å²) in [7, 11) is 0. The SMILES string of the molecule is Cc1cc(C(C)NC(=O)N2CCN3CCC2CC3)cc(C)c1F. The first-order valence-electron chi connectivity index (χ1n) is 8.52. The van der Waals surface area contributed by atoms with Crippen molar-refractivity contribution in [3.8, 4) is 0 Å². The van der Waals surface area contributed by atoms with Gasteiger partial charge in [-0.05, 0) is 50.3 Å². The Morgan fingerprint density at radius 3 is 2.39 bits per heavy atom. The fraction of sp³-hybridized carbons (Fsp3) is 0.611. The zero-order valence-electron chi connectivity index (χ0n) is 14.2. The molecular weight excluding hydrogens is 293 g/mol. The average molecular weight is 319 g/mol. The molecule has 3 saturated heterocycles. The second-order valence-corrected chi connectivity index (χ2v) is 6.91. The number of nitrogens with one attached hydrogen (secondary N) is 1. The molecule has 0 saturated carbocycles. The molecule has 1 aromatic carbocycles. The molecule has 0 spiro atoms. The maximum absolute atomic E-state index is 13.8. The van der Waals surface area contributed by atoms with Crippen LogP contribution in [-0.2, 0) is 0 Å². The number of benzene rings is 1. The van der Waals surface area contributed by atoms with E-state index in [4.69, 9.17) is 0 Å². The van der Waals surface area contributed by atoms with E-state index in [2.05, 4.69) is 10.2 Å². The highest BCUT2D eigenvalue weighted by atomic mass is 19.1. The lowest BCUT2D eigenvalue weighted by molar-refractivity contribution is 0.168. The number of piperidine rings is 1. The van der Waals surface area contributed by atoms with Gasteiger partial charge in [-0.15, -0.1) is 0 Å². The maximum Gasteiger partial charge on any atom is 0.318 e. The Balaban J connectivity index is 1.69. The van der Waals surface area contributed by atoms with Gasteiger partial charge in [0.2, 0.25) is 0 Å². The van der Waals surface area contributed by atoms with Gasteiger partial charge in [0.25, 0.3) is 0 Å². The van der Waals surface area contributed by atoms with E-state index in [1.54, 1.807) is 13.8 Å². The van der Waals surface area contributed by atoms with Crippen LogP contribution >= 0.6 is 0 Å². The molecule has 3 fully saturated rings. The molecule has 1 aromatic rings. The van der Waals surface area contributed by atoms with Crippen molar-refractivity contribution in [1.82, 2.24) is 15.1 Å². The number of halogens is 1. The number of nitrogens with zero attached hydrogens (tertiary/aromatic N) is 2. The van der Waals surface area contributed by atoms with Gasteiger partial charge in [-0.25, -0.2) is 9.18 Å². The summed E-state index contributed by atoms with van der Waals surface area (Å²) >= 11 is 0. The standard InChI is InChI=1S/C18H26FN3O/c1-12-10-15(11-13(2)17(12)19)14(3)20-18(23)22-9-8-21-6-4-16(22)5-7-21/h10-11,14,16H,4-9H2,1-3H3,(H,20,23). The first kappa shape index (κ1) is 16.2. The van der Waals surface area contributed by atoms with E-state index < -0.39 is 0 Å². The molecule has 5 heteroatoms. The molecule has 126 valence electrons. The maximum atomic E-state index is 13.8. The highest BCUT2D eigenvalue weighted by Crippen LogP contribution is 2.23. The predicted molar refractivity (Wildman–Crippen MR) is 89.0 cm³/mol. The highest BCUT2D eigenvalue weighted by molar-refractivity contribution is 5.75. The van der Waals surface area contributed by atoms with E-state index in [1.807, 2.05) is 24.0 Å². The molecule has 23 heavy (non-hydrogen) atoms. The largest absolute Gasteiger partial charge is 0.331 e. The van der Waals surface area contributed by atoms with Crippen LogP contribution < -0.4 is 5.32 Å². The summed E-state index contributed by atoms with van der Waals surface area (Å²) in [5.74, 6) is -0.161. The molecule has 3 aliphatic heterocycles. The van der Waals surface area contributed by atoms with Crippen LogP contribution in [0, 0.1) is 19.7 Å². The van der Waals surface area contributed by atoms with Crippen LogP contribution in [0.2, 0.25) is 0 Å². The molecule has 4 rings (SSSR count). The Labute approximate surface area is 137 Å². The van der Waals surface area contributed by atoms with Gasteiger partial charge in [-0.2, -0.15) is 0 Å². The van der Waals surface area contributed by atoms with Gasteiger partial charge in [0, 0.05) is 32.2 Å². The average Bonchev–Trinajstić information content (AvgIpc) is 2.85. The highest BCUT2D eigenvalue weighted by Gasteiger charge is 2.32. The minimum atomic E-state index is -0.161. The number of urea groups is 1. The van der Waals surface area contributed by atoms with Gasteiger partial charge < -0.3 is 15.1 Å². The van der Waals surface area contributed by atoms with Crippen LogP contribution in [0.15, 0.2) is 12.1 Å². The van der Waals surface area contributed by atoms with E-state index in [0.717, 1.165) is 44.6 Å². The number of rotatable bonds is 2. The van der Waals surface area contributed by atoms with Gasteiger partial charge >= 0.3 is 6.03 Å². The molecule has 0 radical (unpaired) electrons. The topological polar surface area (TPSA) is 35.6 Å². The normalized spacial score (nSPS) is 25.1. The van der Waals surface area contributed by atoms with E-state index in [9.17, 15) is 9.18 Å². The molecule has 3 aliphatic rings. The van der Waals surface area contributed by atoms with Crippen molar-refractivity contribution < 1.29 is 9.18 Å². The van der Waals surface area contributed by atoms with Crippen LogP contribution in [0.25, 0.3) is 0 Å². The number of carbonyl (C=O) groups is 1. The molecule has 3 heterocycles. The summed E-state index contributed by atoms with van der Waals surface area (Å²) in [6, 6.07) is 3.89. The number of hydrogen-bond acceptors (Lipinski definition) is 2. The summed E-state index contributed by atoms with van der Waals surface area (Å²) in [5, 5.41) is 3.10. The first-order chi connectivity index (χ1) is 11.0. The number of aryl methyl sites for hydroxylation is 2. The Kier molecular flexibility index (Phi) is 4.57. The Morgan fingerprint density at radius 2 is 1.78 bits per heavy atom. The smallest absolute Gasteiger partial charge is 0.318 e. The van der Waals surface area contributed by atoms with Crippen molar-refractivity contribution in [2.24, 2.45) is 0 Å².